The Labute approximate surface area is 300 Å². The summed E-state index contributed by atoms with van der Waals surface area (Å²) in [4.78, 5) is 2.66. The molecule has 0 N–H and O–H groups in total. The lowest BCUT2D eigenvalue weighted by molar-refractivity contribution is 0.191. The van der Waals surface area contributed by atoms with Crippen LogP contribution in [0.4, 0.5) is 11.4 Å². The second kappa shape index (κ2) is 10.2. The van der Waals surface area contributed by atoms with Crippen molar-refractivity contribution in [3.63, 3.8) is 0 Å². The molecule has 13 rings (SSSR count). The van der Waals surface area contributed by atoms with E-state index in [2.05, 4.69) is 157 Å². The van der Waals surface area contributed by atoms with Crippen LogP contribution in [0.1, 0.15) is 60.8 Å². The number of benzene rings is 7. The SMILES string of the molecule is CC1c2ccc3ccccc3c2C=CC1N(c1ccc2c(c1)-c1ccccc1C21C2CC3CC(C2)C1C3)c1ccc2c(ccc3ccccc32)c1. The van der Waals surface area contributed by atoms with Crippen LogP contribution in [0.25, 0.3) is 49.5 Å². The average molecular weight is 656 g/mol. The molecule has 246 valence electrons. The van der Waals surface area contributed by atoms with Crippen molar-refractivity contribution in [2.24, 2.45) is 23.7 Å². The van der Waals surface area contributed by atoms with Crippen LogP contribution in [0, 0.1) is 23.7 Å². The van der Waals surface area contributed by atoms with Crippen molar-refractivity contribution < 1.29 is 0 Å². The highest BCUT2D eigenvalue weighted by Crippen LogP contribution is 2.73. The van der Waals surface area contributed by atoms with Gasteiger partial charge in [0.15, 0.2) is 0 Å². The lowest BCUT2D eigenvalue weighted by atomic mass is 9.59. The van der Waals surface area contributed by atoms with E-state index in [9.17, 15) is 0 Å². The molecule has 0 saturated heterocycles. The monoisotopic (exact) mass is 655 g/mol. The summed E-state index contributed by atoms with van der Waals surface area (Å²) in [6.45, 7) is 2.44. The molecule has 0 aliphatic heterocycles. The van der Waals surface area contributed by atoms with Gasteiger partial charge in [-0.3, -0.25) is 0 Å². The van der Waals surface area contributed by atoms with E-state index in [4.69, 9.17) is 0 Å². The number of fused-ring (bicyclic) bond motifs is 9. The zero-order chi connectivity index (χ0) is 33.4. The Kier molecular flexibility index (Phi) is 5.72. The van der Waals surface area contributed by atoms with Gasteiger partial charge in [0.25, 0.3) is 0 Å². The van der Waals surface area contributed by atoms with Gasteiger partial charge in [0.2, 0.25) is 0 Å². The molecule has 0 aromatic heterocycles. The van der Waals surface area contributed by atoms with E-state index in [-0.39, 0.29) is 11.5 Å². The van der Waals surface area contributed by atoms with Gasteiger partial charge in [-0.05, 0) is 139 Å². The number of nitrogens with zero attached hydrogens (tertiary/aromatic N) is 1. The number of hydrogen-bond acceptors (Lipinski definition) is 1. The summed E-state index contributed by atoms with van der Waals surface area (Å²) < 4.78 is 0. The second-order valence-electron chi connectivity index (χ2n) is 16.5. The largest absolute Gasteiger partial charge is 0.334 e. The van der Waals surface area contributed by atoms with Crippen molar-refractivity contribution in [3.8, 4) is 11.1 Å². The molecule has 1 nitrogen and oxygen atoms in total. The van der Waals surface area contributed by atoms with Crippen molar-refractivity contribution in [2.75, 3.05) is 4.90 Å². The highest BCUT2D eigenvalue weighted by atomic mass is 15.2. The van der Waals surface area contributed by atoms with Gasteiger partial charge >= 0.3 is 0 Å². The van der Waals surface area contributed by atoms with Crippen LogP contribution in [-0.2, 0) is 5.41 Å². The van der Waals surface area contributed by atoms with Crippen molar-refractivity contribution in [2.45, 2.75) is 50.0 Å². The number of anilines is 2. The minimum absolute atomic E-state index is 0.165. The summed E-state index contributed by atoms with van der Waals surface area (Å²) in [6.07, 6.45) is 10.6. The Morgan fingerprint density at radius 3 is 2.18 bits per heavy atom. The predicted molar refractivity (Wildman–Crippen MR) is 214 cm³/mol. The van der Waals surface area contributed by atoms with E-state index in [0.29, 0.717) is 5.92 Å². The third kappa shape index (κ3) is 3.72. The van der Waals surface area contributed by atoms with Crippen LogP contribution >= 0.6 is 0 Å². The van der Waals surface area contributed by atoms with Crippen LogP contribution < -0.4 is 4.90 Å². The summed E-state index contributed by atoms with van der Waals surface area (Å²) in [5, 5.41) is 7.88. The molecule has 4 saturated carbocycles. The fourth-order valence-corrected chi connectivity index (χ4v) is 12.5. The third-order valence-corrected chi connectivity index (χ3v) is 14.4. The summed E-state index contributed by atoms with van der Waals surface area (Å²) in [7, 11) is 0. The maximum absolute atomic E-state index is 2.66. The molecule has 51 heavy (non-hydrogen) atoms. The molecule has 1 spiro atoms. The van der Waals surface area contributed by atoms with E-state index >= 15 is 0 Å². The number of rotatable bonds is 3. The molecule has 0 radical (unpaired) electrons. The lowest BCUT2D eigenvalue weighted by Gasteiger charge is -2.44. The first-order chi connectivity index (χ1) is 25.2. The molecule has 4 fully saturated rings. The topological polar surface area (TPSA) is 3.24 Å². The molecule has 7 unspecified atom stereocenters. The average Bonchev–Trinajstić information content (AvgIpc) is 3.72. The van der Waals surface area contributed by atoms with Crippen molar-refractivity contribution in [3.05, 3.63) is 162 Å². The van der Waals surface area contributed by atoms with Crippen molar-refractivity contribution in [1.82, 2.24) is 0 Å². The van der Waals surface area contributed by atoms with Crippen molar-refractivity contribution >= 4 is 49.8 Å². The molecule has 7 aromatic carbocycles. The van der Waals surface area contributed by atoms with Gasteiger partial charge in [-0.25, -0.2) is 0 Å². The molecule has 7 atom stereocenters. The first-order valence-corrected chi connectivity index (χ1v) is 19.3. The first kappa shape index (κ1) is 28.5. The fourth-order valence-electron chi connectivity index (χ4n) is 12.5. The minimum atomic E-state index is 0.165. The van der Waals surface area contributed by atoms with Gasteiger partial charge in [0, 0.05) is 22.7 Å². The Morgan fingerprint density at radius 2 is 1.27 bits per heavy atom. The molecule has 7 aromatic rings. The zero-order valence-electron chi connectivity index (χ0n) is 29.1. The third-order valence-electron chi connectivity index (χ3n) is 14.4. The first-order valence-electron chi connectivity index (χ1n) is 19.3. The lowest BCUT2D eigenvalue weighted by Crippen LogP contribution is -2.40. The van der Waals surface area contributed by atoms with E-state index in [0.717, 1.165) is 23.7 Å². The molecule has 0 heterocycles. The van der Waals surface area contributed by atoms with Gasteiger partial charge in [-0.2, -0.15) is 0 Å². The minimum Gasteiger partial charge on any atom is -0.334 e. The van der Waals surface area contributed by atoms with Gasteiger partial charge in [0.1, 0.15) is 0 Å². The zero-order valence-corrected chi connectivity index (χ0v) is 29.1. The van der Waals surface area contributed by atoms with Crippen LogP contribution in [0.2, 0.25) is 0 Å². The Hall–Kier alpha value is -5.14. The van der Waals surface area contributed by atoms with E-state index in [1.165, 1.54) is 91.6 Å². The van der Waals surface area contributed by atoms with Gasteiger partial charge in [0.05, 0.1) is 6.04 Å². The molecule has 0 amide bonds. The molecule has 6 aliphatic carbocycles. The maximum Gasteiger partial charge on any atom is 0.0591 e. The predicted octanol–water partition coefficient (Wildman–Crippen LogP) is 12.8. The maximum atomic E-state index is 2.66. The molecule has 6 aliphatic rings. The molecule has 1 heteroatoms. The molecular weight excluding hydrogens is 615 g/mol. The Bertz CT molecular complexity index is 2620. The van der Waals surface area contributed by atoms with E-state index in [1.54, 1.807) is 11.1 Å². The second-order valence-corrected chi connectivity index (χ2v) is 16.5. The standard InChI is InChI=1S/C50H41N/c1-30-39-19-16-33-9-3-5-11-41(33)43(39)21-23-49(30)51(37-17-20-42-34(28-37)15-14-32-8-2-4-10-40(32)42)38-18-22-47-45(29-38)44-12-6-7-13-46(44)50(47)36-25-31-24-35(27-36)48(50)26-31/h2-23,28-31,35-36,48-49H,24-27H2,1H3. The summed E-state index contributed by atoms with van der Waals surface area (Å²) in [5.41, 5.74) is 11.8. The fraction of sp³-hybridized carbons (Fsp3) is 0.240. The molecule has 4 bridgehead atoms. The van der Waals surface area contributed by atoms with Crippen LogP contribution in [0.15, 0.2) is 140 Å². The van der Waals surface area contributed by atoms with Gasteiger partial charge < -0.3 is 4.90 Å². The summed E-state index contributed by atoms with van der Waals surface area (Å²) in [6, 6.07) is 51.5. The van der Waals surface area contributed by atoms with E-state index in [1.807, 2.05) is 0 Å². The smallest absolute Gasteiger partial charge is 0.0591 e. The van der Waals surface area contributed by atoms with Crippen LogP contribution in [-0.4, -0.2) is 6.04 Å². The quantitative estimate of drug-likeness (QED) is 0.171. The number of hydrogen-bond donors (Lipinski definition) is 0. The highest BCUT2D eigenvalue weighted by Gasteiger charge is 2.65. The highest BCUT2D eigenvalue weighted by molar-refractivity contribution is 6.08. The normalized spacial score (nSPS) is 27.8. The molecular formula is C50H41N. The summed E-state index contributed by atoms with van der Waals surface area (Å²) >= 11 is 0. The van der Waals surface area contributed by atoms with Gasteiger partial charge in [-0.15, -0.1) is 0 Å². The van der Waals surface area contributed by atoms with Crippen LogP contribution in [0.5, 0.6) is 0 Å². The van der Waals surface area contributed by atoms with Crippen molar-refractivity contribution in [1.29, 1.82) is 0 Å². The Balaban J connectivity index is 1.06. The summed E-state index contributed by atoms with van der Waals surface area (Å²) in [5.74, 6) is 3.75. The van der Waals surface area contributed by atoms with Gasteiger partial charge in [-0.1, -0.05) is 128 Å². The van der Waals surface area contributed by atoms with Crippen LogP contribution in [0.3, 0.4) is 0 Å². The van der Waals surface area contributed by atoms with E-state index < -0.39 is 0 Å². The Morgan fingerprint density at radius 1 is 0.569 bits per heavy atom.